The number of hydrogen-bond acceptors (Lipinski definition) is 3. The third-order valence-electron chi connectivity index (χ3n) is 1.92. The molecule has 0 saturated carbocycles. The lowest BCUT2D eigenvalue weighted by atomic mass is 10.3. The van der Waals surface area contributed by atoms with E-state index in [1.807, 2.05) is 0 Å². The standard InChI is InChI=1S/C11H23NO2S/c1-11(2)12-9-7-5-4-6-8-10-15(3,13)14/h4-5,11-12H,6-10H2,1-3H3. The van der Waals surface area contributed by atoms with Gasteiger partial charge in [-0.05, 0) is 25.8 Å². The minimum absolute atomic E-state index is 0.293. The van der Waals surface area contributed by atoms with Crippen LogP contribution in [-0.2, 0) is 9.84 Å². The first-order valence-electron chi connectivity index (χ1n) is 5.48. The highest BCUT2D eigenvalue weighted by Crippen LogP contribution is 1.96. The van der Waals surface area contributed by atoms with Crippen LogP contribution in [0.3, 0.4) is 0 Å². The van der Waals surface area contributed by atoms with Gasteiger partial charge in [0, 0.05) is 12.3 Å². The van der Waals surface area contributed by atoms with E-state index in [1.165, 1.54) is 6.26 Å². The van der Waals surface area contributed by atoms with E-state index in [9.17, 15) is 8.42 Å². The van der Waals surface area contributed by atoms with E-state index in [-0.39, 0.29) is 0 Å². The highest BCUT2D eigenvalue weighted by atomic mass is 32.2. The smallest absolute Gasteiger partial charge is 0.147 e. The summed E-state index contributed by atoms with van der Waals surface area (Å²) in [7, 11) is -2.78. The quantitative estimate of drug-likeness (QED) is 0.513. The number of unbranched alkanes of at least 4 members (excludes halogenated alkanes) is 1. The molecule has 0 amide bonds. The van der Waals surface area contributed by atoms with Gasteiger partial charge in [-0.2, -0.15) is 0 Å². The Morgan fingerprint density at radius 3 is 2.33 bits per heavy atom. The normalized spacial score (nSPS) is 12.8. The Bertz CT molecular complexity index is 268. The summed E-state index contributed by atoms with van der Waals surface area (Å²) in [6.07, 6.45) is 8.05. The van der Waals surface area contributed by atoms with Crippen molar-refractivity contribution in [2.75, 3.05) is 18.6 Å². The van der Waals surface area contributed by atoms with Crippen molar-refractivity contribution in [2.24, 2.45) is 0 Å². The average molecular weight is 233 g/mol. The monoisotopic (exact) mass is 233 g/mol. The highest BCUT2D eigenvalue weighted by molar-refractivity contribution is 7.90. The van der Waals surface area contributed by atoms with Crippen molar-refractivity contribution in [3.63, 3.8) is 0 Å². The molecular weight excluding hydrogens is 210 g/mol. The van der Waals surface area contributed by atoms with E-state index in [4.69, 9.17) is 0 Å². The van der Waals surface area contributed by atoms with Crippen LogP contribution in [0.25, 0.3) is 0 Å². The molecule has 0 rings (SSSR count). The molecule has 0 aromatic rings. The van der Waals surface area contributed by atoms with E-state index in [0.29, 0.717) is 11.8 Å². The van der Waals surface area contributed by atoms with Crippen molar-refractivity contribution in [1.82, 2.24) is 5.32 Å². The van der Waals surface area contributed by atoms with Gasteiger partial charge in [0.15, 0.2) is 0 Å². The first-order valence-corrected chi connectivity index (χ1v) is 7.54. The van der Waals surface area contributed by atoms with Crippen molar-refractivity contribution in [1.29, 1.82) is 0 Å². The maximum absolute atomic E-state index is 10.8. The summed E-state index contributed by atoms with van der Waals surface area (Å²) in [6.45, 7) is 5.23. The van der Waals surface area contributed by atoms with Gasteiger partial charge in [0.1, 0.15) is 9.84 Å². The Morgan fingerprint density at radius 1 is 1.20 bits per heavy atom. The van der Waals surface area contributed by atoms with E-state index >= 15 is 0 Å². The molecule has 15 heavy (non-hydrogen) atoms. The van der Waals surface area contributed by atoms with Crippen LogP contribution in [0.15, 0.2) is 12.2 Å². The van der Waals surface area contributed by atoms with Crippen molar-refractivity contribution in [3.8, 4) is 0 Å². The first kappa shape index (κ1) is 14.6. The van der Waals surface area contributed by atoms with E-state index in [1.54, 1.807) is 0 Å². The molecule has 0 aromatic heterocycles. The van der Waals surface area contributed by atoms with Crippen molar-refractivity contribution in [2.45, 2.75) is 39.2 Å². The molecule has 0 atom stereocenters. The summed E-state index contributed by atoms with van der Waals surface area (Å²) in [6, 6.07) is 0.531. The third kappa shape index (κ3) is 13.7. The summed E-state index contributed by atoms with van der Waals surface area (Å²) in [5.41, 5.74) is 0. The van der Waals surface area contributed by atoms with Crippen molar-refractivity contribution < 1.29 is 8.42 Å². The topological polar surface area (TPSA) is 46.2 Å². The fourth-order valence-corrected chi connectivity index (χ4v) is 1.85. The van der Waals surface area contributed by atoms with Crippen LogP contribution in [0.2, 0.25) is 0 Å². The lowest BCUT2D eigenvalue weighted by molar-refractivity contribution is 0.594. The molecule has 0 aliphatic carbocycles. The molecule has 0 bridgehead atoms. The summed E-state index contributed by atoms with van der Waals surface area (Å²) < 4.78 is 21.6. The zero-order valence-corrected chi connectivity index (χ0v) is 10.8. The minimum Gasteiger partial charge on any atom is -0.314 e. The summed E-state index contributed by atoms with van der Waals surface area (Å²) in [4.78, 5) is 0. The fraction of sp³-hybridized carbons (Fsp3) is 0.818. The highest BCUT2D eigenvalue weighted by Gasteiger charge is 1.98. The predicted molar refractivity (Wildman–Crippen MR) is 65.8 cm³/mol. The van der Waals surface area contributed by atoms with Gasteiger partial charge in [-0.3, -0.25) is 0 Å². The molecule has 0 fully saturated rings. The van der Waals surface area contributed by atoms with Crippen LogP contribution >= 0.6 is 0 Å². The second kappa shape index (κ2) is 7.88. The van der Waals surface area contributed by atoms with Crippen molar-refractivity contribution >= 4 is 9.84 Å². The Hall–Kier alpha value is -0.350. The molecule has 1 N–H and O–H groups in total. The third-order valence-corrected chi connectivity index (χ3v) is 2.95. The SMILES string of the molecule is CC(C)NCCC=CCCCS(C)(=O)=O. The maximum Gasteiger partial charge on any atom is 0.147 e. The average Bonchev–Trinajstić information content (AvgIpc) is 2.07. The van der Waals surface area contributed by atoms with Crippen LogP contribution in [0.1, 0.15) is 33.1 Å². The van der Waals surface area contributed by atoms with Gasteiger partial charge in [-0.25, -0.2) is 8.42 Å². The molecule has 0 spiro atoms. The van der Waals surface area contributed by atoms with Gasteiger partial charge in [0.25, 0.3) is 0 Å². The Morgan fingerprint density at radius 2 is 1.80 bits per heavy atom. The molecule has 0 unspecified atom stereocenters. The van der Waals surface area contributed by atoms with Crippen LogP contribution in [-0.4, -0.2) is 33.0 Å². The molecule has 0 aromatic carbocycles. The number of hydrogen-bond donors (Lipinski definition) is 1. The number of nitrogens with one attached hydrogen (secondary N) is 1. The van der Waals surface area contributed by atoms with Gasteiger partial charge in [-0.15, -0.1) is 0 Å². The molecule has 0 radical (unpaired) electrons. The van der Waals surface area contributed by atoms with Crippen LogP contribution in [0.5, 0.6) is 0 Å². The number of rotatable bonds is 8. The Kier molecular flexibility index (Phi) is 7.70. The van der Waals surface area contributed by atoms with Gasteiger partial charge in [0.05, 0.1) is 5.75 Å². The molecule has 3 nitrogen and oxygen atoms in total. The zero-order chi connectivity index (χ0) is 11.7. The lowest BCUT2D eigenvalue weighted by Crippen LogP contribution is -2.23. The summed E-state index contributed by atoms with van der Waals surface area (Å²) in [5.74, 6) is 0.293. The second-order valence-corrected chi connectivity index (χ2v) is 6.40. The van der Waals surface area contributed by atoms with Gasteiger partial charge in [-0.1, -0.05) is 26.0 Å². The minimum atomic E-state index is -2.78. The Balaban J connectivity index is 3.33. The van der Waals surface area contributed by atoms with E-state index < -0.39 is 9.84 Å². The van der Waals surface area contributed by atoms with Gasteiger partial charge in [0.2, 0.25) is 0 Å². The molecule has 0 aliphatic rings. The number of allylic oxidation sites excluding steroid dienone is 1. The second-order valence-electron chi connectivity index (χ2n) is 4.14. The Labute approximate surface area is 93.9 Å². The van der Waals surface area contributed by atoms with E-state index in [0.717, 1.165) is 25.8 Å². The summed E-state index contributed by atoms with van der Waals surface area (Å²) >= 11 is 0. The molecule has 0 saturated heterocycles. The lowest BCUT2D eigenvalue weighted by Gasteiger charge is -2.04. The largest absolute Gasteiger partial charge is 0.314 e. The number of sulfone groups is 1. The predicted octanol–water partition coefficient (Wildman–Crippen LogP) is 1.76. The summed E-state index contributed by atoms with van der Waals surface area (Å²) in [5, 5.41) is 3.31. The molecule has 0 heterocycles. The molecule has 4 heteroatoms. The zero-order valence-electron chi connectivity index (χ0n) is 9.99. The van der Waals surface area contributed by atoms with Gasteiger partial charge >= 0.3 is 0 Å². The molecule has 0 aliphatic heterocycles. The molecular formula is C11H23NO2S. The van der Waals surface area contributed by atoms with Crippen molar-refractivity contribution in [3.05, 3.63) is 12.2 Å². The first-order chi connectivity index (χ1) is 6.92. The van der Waals surface area contributed by atoms with E-state index in [2.05, 4.69) is 31.3 Å². The molecule has 90 valence electrons. The van der Waals surface area contributed by atoms with Crippen LogP contribution in [0, 0.1) is 0 Å². The van der Waals surface area contributed by atoms with Crippen LogP contribution < -0.4 is 5.32 Å². The van der Waals surface area contributed by atoms with Crippen LogP contribution in [0.4, 0.5) is 0 Å². The fourth-order valence-electron chi connectivity index (χ4n) is 1.15. The maximum atomic E-state index is 10.8. The van der Waals surface area contributed by atoms with Gasteiger partial charge < -0.3 is 5.32 Å².